The number of thiazole rings is 1. The molecule has 0 saturated carbocycles. The zero-order valence-corrected chi connectivity index (χ0v) is 13.9. The van der Waals surface area contributed by atoms with Gasteiger partial charge in [-0.3, -0.25) is 4.79 Å². The zero-order valence-electron chi connectivity index (χ0n) is 13.1. The Morgan fingerprint density at radius 1 is 1.45 bits per heavy atom. The number of amides is 1. The largest absolute Gasteiger partial charge is 0.459 e. The molecule has 1 amide bonds. The molecule has 1 atom stereocenters. The van der Waals surface area contributed by atoms with Crippen LogP contribution in [0.1, 0.15) is 34.0 Å². The van der Waals surface area contributed by atoms with Crippen LogP contribution < -0.4 is 0 Å². The number of hydrogen-bond acceptors (Lipinski definition) is 5. The lowest BCUT2D eigenvalue weighted by molar-refractivity contribution is 0.0590. The normalized spacial score (nSPS) is 17.9. The van der Waals surface area contributed by atoms with Gasteiger partial charge in [0.2, 0.25) is 0 Å². The Hall–Kier alpha value is -1.66. The van der Waals surface area contributed by atoms with Crippen LogP contribution in [0, 0.1) is 13.8 Å². The summed E-state index contributed by atoms with van der Waals surface area (Å²) in [5.74, 6) is 1.55. The van der Waals surface area contributed by atoms with Gasteiger partial charge in [-0.1, -0.05) is 0 Å². The van der Waals surface area contributed by atoms with Gasteiger partial charge in [-0.15, -0.1) is 11.3 Å². The number of aryl methyl sites for hydroxylation is 2. The first-order valence-electron chi connectivity index (χ1n) is 7.46. The van der Waals surface area contributed by atoms with Crippen LogP contribution in [0.25, 0.3) is 10.8 Å². The molecule has 5 nitrogen and oxygen atoms in total. The second kappa shape index (κ2) is 6.22. The Balaban J connectivity index is 1.76. The van der Waals surface area contributed by atoms with Crippen molar-refractivity contribution in [3.63, 3.8) is 0 Å². The highest BCUT2D eigenvalue weighted by molar-refractivity contribution is 7.17. The molecule has 0 spiro atoms. The van der Waals surface area contributed by atoms with Gasteiger partial charge in [0.25, 0.3) is 5.91 Å². The summed E-state index contributed by atoms with van der Waals surface area (Å²) in [6.45, 7) is 5.19. The maximum absolute atomic E-state index is 12.6. The van der Waals surface area contributed by atoms with Gasteiger partial charge in [-0.25, -0.2) is 4.98 Å². The number of rotatable bonds is 4. The fourth-order valence-electron chi connectivity index (χ4n) is 2.60. The number of aromatic nitrogens is 1. The summed E-state index contributed by atoms with van der Waals surface area (Å²) in [7, 11) is 1.82. The van der Waals surface area contributed by atoms with Crippen LogP contribution in [-0.2, 0) is 4.74 Å². The summed E-state index contributed by atoms with van der Waals surface area (Å²) in [4.78, 5) is 19.5. The zero-order chi connectivity index (χ0) is 15.7. The van der Waals surface area contributed by atoms with Crippen molar-refractivity contribution < 1.29 is 13.9 Å². The Bertz CT molecular complexity index is 671. The molecule has 3 heterocycles. The molecule has 0 N–H and O–H groups in total. The highest BCUT2D eigenvalue weighted by Crippen LogP contribution is 2.30. The molecule has 22 heavy (non-hydrogen) atoms. The molecule has 0 radical (unpaired) electrons. The number of hydrogen-bond donors (Lipinski definition) is 0. The van der Waals surface area contributed by atoms with Crippen molar-refractivity contribution in [3.8, 4) is 10.8 Å². The maximum Gasteiger partial charge on any atom is 0.265 e. The summed E-state index contributed by atoms with van der Waals surface area (Å²) >= 11 is 1.38. The standard InChI is InChI=1S/C16H20N2O3S/c1-10-6-7-13(21-10)15-17-11(2)14(22-15)16(19)18(3)9-12-5-4-8-20-12/h6-7,12H,4-5,8-9H2,1-3H3/t12-/m0/s1. The number of carbonyl (C=O) groups excluding carboxylic acids is 1. The summed E-state index contributed by atoms with van der Waals surface area (Å²) in [5, 5.41) is 0.750. The molecule has 1 fully saturated rings. The van der Waals surface area contributed by atoms with Crippen LogP contribution in [0.4, 0.5) is 0 Å². The Morgan fingerprint density at radius 3 is 2.91 bits per heavy atom. The first kappa shape index (κ1) is 15.2. The van der Waals surface area contributed by atoms with E-state index in [1.807, 2.05) is 33.0 Å². The van der Waals surface area contributed by atoms with Crippen molar-refractivity contribution in [3.05, 3.63) is 28.5 Å². The minimum Gasteiger partial charge on any atom is -0.459 e. The molecular formula is C16H20N2O3S. The second-order valence-corrected chi connectivity index (χ2v) is 6.66. The quantitative estimate of drug-likeness (QED) is 0.867. The molecule has 2 aromatic rings. The lowest BCUT2D eigenvalue weighted by Crippen LogP contribution is -2.33. The van der Waals surface area contributed by atoms with Gasteiger partial charge >= 0.3 is 0 Å². The van der Waals surface area contributed by atoms with Crippen molar-refractivity contribution >= 4 is 17.2 Å². The predicted octanol–water partition coefficient (Wildman–Crippen LogP) is 3.27. The van der Waals surface area contributed by atoms with E-state index in [-0.39, 0.29) is 12.0 Å². The van der Waals surface area contributed by atoms with Crippen LogP contribution in [0.15, 0.2) is 16.5 Å². The second-order valence-electron chi connectivity index (χ2n) is 5.66. The van der Waals surface area contributed by atoms with Crippen molar-refractivity contribution in [1.29, 1.82) is 0 Å². The van der Waals surface area contributed by atoms with E-state index in [1.54, 1.807) is 4.90 Å². The summed E-state index contributed by atoms with van der Waals surface area (Å²) < 4.78 is 11.2. The van der Waals surface area contributed by atoms with Gasteiger partial charge in [-0.05, 0) is 38.8 Å². The van der Waals surface area contributed by atoms with Crippen LogP contribution in [0.2, 0.25) is 0 Å². The number of nitrogens with zero attached hydrogens (tertiary/aromatic N) is 2. The Morgan fingerprint density at radius 2 is 2.27 bits per heavy atom. The number of likely N-dealkylation sites (N-methyl/N-ethyl adjacent to an activating group) is 1. The smallest absolute Gasteiger partial charge is 0.265 e. The molecule has 1 aliphatic heterocycles. The minimum atomic E-state index is 0.0000260. The van der Waals surface area contributed by atoms with E-state index in [2.05, 4.69) is 4.98 Å². The number of ether oxygens (including phenoxy) is 1. The van der Waals surface area contributed by atoms with Gasteiger partial charge in [0.1, 0.15) is 10.6 Å². The lowest BCUT2D eigenvalue weighted by Gasteiger charge is -2.20. The molecule has 6 heteroatoms. The first-order valence-corrected chi connectivity index (χ1v) is 8.27. The lowest BCUT2D eigenvalue weighted by atomic mass is 10.2. The molecule has 0 aliphatic carbocycles. The van der Waals surface area contributed by atoms with Gasteiger partial charge in [-0.2, -0.15) is 0 Å². The molecule has 0 aromatic carbocycles. The monoisotopic (exact) mass is 320 g/mol. The number of furan rings is 1. The van der Waals surface area contributed by atoms with Crippen LogP contribution in [-0.4, -0.2) is 42.1 Å². The molecule has 118 valence electrons. The van der Waals surface area contributed by atoms with E-state index in [4.69, 9.17) is 9.15 Å². The van der Waals surface area contributed by atoms with Crippen LogP contribution in [0.5, 0.6) is 0 Å². The first-order chi connectivity index (χ1) is 10.5. The van der Waals surface area contributed by atoms with Gasteiger partial charge in [0.15, 0.2) is 10.8 Å². The van der Waals surface area contributed by atoms with E-state index in [0.29, 0.717) is 17.2 Å². The fraction of sp³-hybridized carbons (Fsp3) is 0.500. The van der Waals surface area contributed by atoms with E-state index >= 15 is 0 Å². The molecule has 0 bridgehead atoms. The third kappa shape index (κ3) is 3.08. The van der Waals surface area contributed by atoms with Gasteiger partial charge in [0.05, 0.1) is 11.8 Å². The van der Waals surface area contributed by atoms with Crippen molar-refractivity contribution in [2.45, 2.75) is 32.8 Å². The van der Waals surface area contributed by atoms with E-state index < -0.39 is 0 Å². The Labute approximate surface area is 133 Å². The summed E-state index contributed by atoms with van der Waals surface area (Å²) in [6.07, 6.45) is 2.26. The number of carbonyl (C=O) groups is 1. The molecule has 2 aromatic heterocycles. The molecule has 1 aliphatic rings. The minimum absolute atomic E-state index is 0.0000260. The third-order valence-corrected chi connectivity index (χ3v) is 4.95. The highest BCUT2D eigenvalue weighted by atomic mass is 32.1. The summed E-state index contributed by atoms with van der Waals surface area (Å²) in [6, 6.07) is 3.79. The average Bonchev–Trinajstić information content (AvgIpc) is 3.19. The van der Waals surface area contributed by atoms with Crippen molar-refractivity contribution in [2.75, 3.05) is 20.2 Å². The SMILES string of the molecule is Cc1ccc(-c2nc(C)c(C(=O)N(C)C[C@@H]3CCCO3)s2)o1. The fourth-order valence-corrected chi connectivity index (χ4v) is 3.62. The van der Waals surface area contributed by atoms with E-state index in [1.165, 1.54) is 11.3 Å². The van der Waals surface area contributed by atoms with Crippen molar-refractivity contribution in [1.82, 2.24) is 9.88 Å². The van der Waals surface area contributed by atoms with E-state index in [0.717, 1.165) is 35.9 Å². The molecule has 3 rings (SSSR count). The van der Waals surface area contributed by atoms with Gasteiger partial charge in [0, 0.05) is 20.2 Å². The van der Waals surface area contributed by atoms with Crippen LogP contribution >= 0.6 is 11.3 Å². The van der Waals surface area contributed by atoms with Crippen LogP contribution in [0.3, 0.4) is 0 Å². The third-order valence-electron chi connectivity index (χ3n) is 3.79. The molecule has 1 saturated heterocycles. The summed E-state index contributed by atoms with van der Waals surface area (Å²) in [5.41, 5.74) is 0.748. The van der Waals surface area contributed by atoms with E-state index in [9.17, 15) is 4.79 Å². The average molecular weight is 320 g/mol. The van der Waals surface area contributed by atoms with Gasteiger partial charge < -0.3 is 14.1 Å². The molecule has 0 unspecified atom stereocenters. The highest BCUT2D eigenvalue weighted by Gasteiger charge is 2.24. The predicted molar refractivity (Wildman–Crippen MR) is 85.2 cm³/mol. The molecular weight excluding hydrogens is 300 g/mol. The van der Waals surface area contributed by atoms with Crippen molar-refractivity contribution in [2.24, 2.45) is 0 Å². The Kier molecular flexibility index (Phi) is 4.31. The topological polar surface area (TPSA) is 55.6 Å². The maximum atomic E-state index is 12.6.